The molecule has 1 aliphatic heterocycles. The van der Waals surface area contributed by atoms with Crippen molar-refractivity contribution in [2.24, 2.45) is 5.73 Å². The Morgan fingerprint density at radius 1 is 1.37 bits per heavy atom. The number of hydrogen-bond acceptors (Lipinski definition) is 2. The highest BCUT2D eigenvalue weighted by molar-refractivity contribution is 9.10. The summed E-state index contributed by atoms with van der Waals surface area (Å²) in [5, 5.41) is 0. The van der Waals surface area contributed by atoms with Gasteiger partial charge >= 0.3 is 0 Å². The van der Waals surface area contributed by atoms with Crippen LogP contribution in [-0.4, -0.2) is 24.0 Å². The third kappa shape index (κ3) is 3.59. The molecule has 0 radical (unpaired) electrons. The minimum atomic E-state index is 0.253. The fraction of sp³-hybridized carbons (Fsp3) is 0.625. The van der Waals surface area contributed by atoms with E-state index in [9.17, 15) is 0 Å². The van der Waals surface area contributed by atoms with Gasteiger partial charge in [-0.1, -0.05) is 41.4 Å². The average molecular weight is 325 g/mol. The highest BCUT2D eigenvalue weighted by Crippen LogP contribution is 2.31. The Hall–Kier alpha value is -0.380. The lowest BCUT2D eigenvalue weighted by Crippen LogP contribution is -2.40. The van der Waals surface area contributed by atoms with Gasteiger partial charge in [-0.2, -0.15) is 0 Å². The molecule has 1 aliphatic rings. The van der Waals surface area contributed by atoms with Gasteiger partial charge in [-0.3, -0.25) is 4.90 Å². The van der Waals surface area contributed by atoms with Crippen molar-refractivity contribution in [3.63, 3.8) is 0 Å². The molecular weight excluding hydrogens is 300 g/mol. The lowest BCUT2D eigenvalue weighted by Gasteiger charge is -2.33. The maximum Gasteiger partial charge on any atom is 0.0499 e. The minimum Gasteiger partial charge on any atom is -0.326 e. The summed E-state index contributed by atoms with van der Waals surface area (Å²) >= 11 is 3.65. The van der Waals surface area contributed by atoms with Crippen molar-refractivity contribution in [1.29, 1.82) is 0 Å². The van der Waals surface area contributed by atoms with Crippen LogP contribution in [0, 0.1) is 6.92 Å². The molecule has 1 heterocycles. The van der Waals surface area contributed by atoms with Gasteiger partial charge in [0, 0.05) is 16.6 Å². The molecular formula is C16H25BrN2. The summed E-state index contributed by atoms with van der Waals surface area (Å²) < 4.78 is 1.19. The fourth-order valence-corrected chi connectivity index (χ4v) is 3.45. The lowest BCUT2D eigenvalue weighted by molar-refractivity contribution is 0.186. The van der Waals surface area contributed by atoms with Crippen molar-refractivity contribution in [1.82, 2.24) is 4.90 Å². The summed E-state index contributed by atoms with van der Waals surface area (Å²) in [4.78, 5) is 2.58. The summed E-state index contributed by atoms with van der Waals surface area (Å²) in [5.74, 6) is 0. The van der Waals surface area contributed by atoms with Gasteiger partial charge in [0.2, 0.25) is 0 Å². The molecule has 2 rings (SSSR count). The number of benzene rings is 1. The molecule has 2 atom stereocenters. The third-order valence-electron chi connectivity index (χ3n) is 4.08. The third-order valence-corrected chi connectivity index (χ3v) is 4.93. The fourth-order valence-electron chi connectivity index (χ4n) is 3.05. The molecule has 0 amide bonds. The normalized spacial score (nSPS) is 25.3. The molecule has 2 nitrogen and oxygen atoms in total. The van der Waals surface area contributed by atoms with Gasteiger partial charge in [0.1, 0.15) is 0 Å². The van der Waals surface area contributed by atoms with E-state index in [1.165, 1.54) is 41.4 Å². The van der Waals surface area contributed by atoms with Crippen molar-refractivity contribution < 1.29 is 0 Å². The first-order valence-electron chi connectivity index (χ1n) is 7.39. The zero-order chi connectivity index (χ0) is 13.8. The van der Waals surface area contributed by atoms with Crippen LogP contribution in [-0.2, 0) is 0 Å². The van der Waals surface area contributed by atoms with E-state index in [1.807, 2.05) is 0 Å². The van der Waals surface area contributed by atoms with E-state index in [-0.39, 0.29) is 6.04 Å². The summed E-state index contributed by atoms with van der Waals surface area (Å²) in [5.41, 5.74) is 9.11. The highest BCUT2D eigenvalue weighted by Gasteiger charge is 2.28. The Labute approximate surface area is 125 Å². The van der Waals surface area contributed by atoms with E-state index >= 15 is 0 Å². The van der Waals surface area contributed by atoms with Crippen molar-refractivity contribution in [2.45, 2.75) is 51.6 Å². The van der Waals surface area contributed by atoms with E-state index in [2.05, 4.69) is 52.9 Å². The maximum absolute atomic E-state index is 6.46. The van der Waals surface area contributed by atoms with Crippen LogP contribution in [0.3, 0.4) is 0 Å². The van der Waals surface area contributed by atoms with E-state index in [4.69, 9.17) is 5.73 Å². The summed E-state index contributed by atoms with van der Waals surface area (Å²) in [6, 6.07) is 7.33. The van der Waals surface area contributed by atoms with E-state index < -0.39 is 0 Å². The second-order valence-corrected chi connectivity index (χ2v) is 6.50. The van der Waals surface area contributed by atoms with Gasteiger partial charge in [-0.05, 0) is 56.5 Å². The van der Waals surface area contributed by atoms with Crippen LogP contribution in [0.4, 0.5) is 0 Å². The van der Waals surface area contributed by atoms with Gasteiger partial charge in [0.05, 0.1) is 0 Å². The highest BCUT2D eigenvalue weighted by atomic mass is 79.9. The molecule has 106 valence electrons. The second kappa shape index (κ2) is 6.87. The van der Waals surface area contributed by atoms with Crippen molar-refractivity contribution in [3.8, 4) is 0 Å². The standard InChI is InChI=1S/C16H25BrN2/c1-3-9-19-10-5-4-6-15(18)16(19)13-8-7-12(2)14(17)11-13/h7-8,11,15-16H,3-6,9-10,18H2,1-2H3. The van der Waals surface area contributed by atoms with Crippen molar-refractivity contribution in [3.05, 3.63) is 33.8 Å². The van der Waals surface area contributed by atoms with Crippen LogP contribution in [0.15, 0.2) is 22.7 Å². The second-order valence-electron chi connectivity index (χ2n) is 5.65. The zero-order valence-corrected chi connectivity index (χ0v) is 13.6. The van der Waals surface area contributed by atoms with Crippen LogP contribution < -0.4 is 5.73 Å². The molecule has 0 aromatic heterocycles. The molecule has 2 unspecified atom stereocenters. The number of likely N-dealkylation sites (tertiary alicyclic amines) is 1. The van der Waals surface area contributed by atoms with Crippen LogP contribution in [0.1, 0.15) is 49.8 Å². The molecule has 1 aromatic carbocycles. The average Bonchev–Trinajstić information content (AvgIpc) is 2.56. The first kappa shape index (κ1) is 15.0. The molecule has 1 saturated heterocycles. The number of nitrogens with two attached hydrogens (primary N) is 1. The summed E-state index contributed by atoms with van der Waals surface area (Å²) in [6.07, 6.45) is 4.86. The number of rotatable bonds is 3. The SMILES string of the molecule is CCCN1CCCCC(N)C1c1ccc(C)c(Br)c1. The van der Waals surface area contributed by atoms with E-state index in [1.54, 1.807) is 0 Å². The van der Waals surface area contributed by atoms with Gasteiger partial charge in [-0.25, -0.2) is 0 Å². The molecule has 1 aromatic rings. The summed E-state index contributed by atoms with van der Waals surface area (Å²) in [6.45, 7) is 6.70. The largest absolute Gasteiger partial charge is 0.326 e. The number of halogens is 1. The smallest absolute Gasteiger partial charge is 0.0499 e. The zero-order valence-electron chi connectivity index (χ0n) is 12.0. The molecule has 0 aliphatic carbocycles. The van der Waals surface area contributed by atoms with Crippen molar-refractivity contribution in [2.75, 3.05) is 13.1 Å². The molecule has 19 heavy (non-hydrogen) atoms. The Balaban J connectivity index is 2.31. The van der Waals surface area contributed by atoms with E-state index in [0.717, 1.165) is 13.0 Å². The van der Waals surface area contributed by atoms with Gasteiger partial charge in [-0.15, -0.1) is 0 Å². The maximum atomic E-state index is 6.46. The lowest BCUT2D eigenvalue weighted by atomic mass is 9.95. The summed E-state index contributed by atoms with van der Waals surface area (Å²) in [7, 11) is 0. The quantitative estimate of drug-likeness (QED) is 0.909. The molecule has 3 heteroatoms. The van der Waals surface area contributed by atoms with Crippen LogP contribution in [0.5, 0.6) is 0 Å². The molecule has 0 spiro atoms. The molecule has 2 N–H and O–H groups in total. The Morgan fingerprint density at radius 3 is 2.84 bits per heavy atom. The minimum absolute atomic E-state index is 0.253. The van der Waals surface area contributed by atoms with E-state index in [0.29, 0.717) is 6.04 Å². The van der Waals surface area contributed by atoms with Crippen LogP contribution in [0.25, 0.3) is 0 Å². The topological polar surface area (TPSA) is 29.3 Å². The van der Waals surface area contributed by atoms with Gasteiger partial charge in [0.15, 0.2) is 0 Å². The molecule has 0 saturated carbocycles. The predicted molar refractivity (Wildman–Crippen MR) is 85.3 cm³/mol. The van der Waals surface area contributed by atoms with Crippen LogP contribution >= 0.6 is 15.9 Å². The molecule has 0 bridgehead atoms. The number of aryl methyl sites for hydroxylation is 1. The van der Waals surface area contributed by atoms with Crippen molar-refractivity contribution >= 4 is 15.9 Å². The first-order valence-corrected chi connectivity index (χ1v) is 8.18. The first-order chi connectivity index (χ1) is 9.13. The Morgan fingerprint density at radius 2 is 2.16 bits per heavy atom. The number of hydrogen-bond donors (Lipinski definition) is 1. The number of nitrogens with zero attached hydrogens (tertiary/aromatic N) is 1. The monoisotopic (exact) mass is 324 g/mol. The Bertz CT molecular complexity index is 419. The Kier molecular flexibility index (Phi) is 5.43. The van der Waals surface area contributed by atoms with Gasteiger partial charge < -0.3 is 5.73 Å². The van der Waals surface area contributed by atoms with Crippen LogP contribution in [0.2, 0.25) is 0 Å². The molecule has 1 fully saturated rings. The van der Waals surface area contributed by atoms with Gasteiger partial charge in [0.25, 0.3) is 0 Å². The predicted octanol–water partition coefficient (Wildman–Crippen LogP) is 4.02.